The van der Waals surface area contributed by atoms with Crippen molar-refractivity contribution in [1.82, 2.24) is 10.2 Å². The number of benzene rings is 1. The summed E-state index contributed by atoms with van der Waals surface area (Å²) in [5.41, 5.74) is 1.54. The lowest BCUT2D eigenvalue weighted by molar-refractivity contribution is 0.0321. The normalized spacial score (nSPS) is 23.4. The third kappa shape index (κ3) is 2.40. The number of hydrogen-bond acceptors (Lipinski definition) is 4. The van der Waals surface area contributed by atoms with Crippen LogP contribution >= 0.6 is 11.3 Å². The Morgan fingerprint density at radius 1 is 1.22 bits per heavy atom. The van der Waals surface area contributed by atoms with Gasteiger partial charge in [-0.15, -0.1) is 11.3 Å². The van der Waals surface area contributed by atoms with Gasteiger partial charge in [0.25, 0.3) is 5.91 Å². The molecule has 1 aromatic carbocycles. The van der Waals surface area contributed by atoms with Crippen molar-refractivity contribution < 1.29 is 18.7 Å². The smallest absolute Gasteiger partial charge is 0.407 e. The van der Waals surface area contributed by atoms with Crippen LogP contribution in [0.2, 0.25) is 0 Å². The van der Waals surface area contributed by atoms with Crippen LogP contribution in [-0.2, 0) is 4.74 Å². The number of thiophene rings is 1. The molecule has 0 unspecified atom stereocenters. The second-order valence-corrected chi connectivity index (χ2v) is 9.46. The summed E-state index contributed by atoms with van der Waals surface area (Å²) in [6, 6.07) is 3.77. The molecule has 4 aliphatic rings. The molecule has 27 heavy (non-hydrogen) atoms. The molecule has 4 fully saturated rings. The van der Waals surface area contributed by atoms with Crippen LogP contribution in [0, 0.1) is 5.82 Å². The molecule has 2 saturated carbocycles. The van der Waals surface area contributed by atoms with Gasteiger partial charge in [0.05, 0.1) is 4.88 Å². The van der Waals surface area contributed by atoms with E-state index in [9.17, 15) is 14.0 Å². The van der Waals surface area contributed by atoms with Crippen molar-refractivity contribution in [2.45, 2.75) is 43.1 Å². The maximum atomic E-state index is 15.0. The first-order valence-corrected chi connectivity index (χ1v) is 10.3. The zero-order chi connectivity index (χ0) is 18.3. The third-order valence-corrected chi connectivity index (χ3v) is 7.29. The fourth-order valence-electron chi connectivity index (χ4n) is 4.43. The number of fused-ring (bicyclic) bond motifs is 1. The van der Waals surface area contributed by atoms with E-state index in [1.54, 1.807) is 11.0 Å². The Balaban J connectivity index is 1.37. The molecule has 0 bridgehead atoms. The number of rotatable bonds is 3. The van der Waals surface area contributed by atoms with E-state index in [1.165, 1.54) is 11.3 Å². The van der Waals surface area contributed by atoms with E-state index in [1.807, 2.05) is 0 Å². The molecule has 1 spiro atoms. The van der Waals surface area contributed by atoms with Crippen LogP contribution in [0.25, 0.3) is 10.1 Å². The quantitative estimate of drug-likeness (QED) is 0.875. The molecule has 0 atom stereocenters. The number of carbonyl (C=O) groups excluding carboxylic acids is 2. The third-order valence-electron chi connectivity index (χ3n) is 6.15. The summed E-state index contributed by atoms with van der Waals surface area (Å²) < 4.78 is 20.8. The monoisotopic (exact) mass is 386 g/mol. The lowest BCUT2D eigenvalue weighted by atomic mass is 9.91. The fraction of sp³-hybridized carbons (Fsp3) is 0.500. The molecule has 1 N–H and O–H groups in total. The zero-order valence-electron chi connectivity index (χ0n) is 14.7. The van der Waals surface area contributed by atoms with Gasteiger partial charge in [0.1, 0.15) is 18.0 Å². The molecule has 2 aliphatic carbocycles. The second-order valence-electron chi connectivity index (χ2n) is 8.41. The summed E-state index contributed by atoms with van der Waals surface area (Å²) in [6.45, 7) is 1.20. The molecule has 2 aliphatic heterocycles. The Morgan fingerprint density at radius 2 is 1.96 bits per heavy atom. The number of ether oxygens (including phenoxy) is 1. The SMILES string of the molecule is O=C1NC2(CO1)CN(C(=O)c1sc3cc(C4CC4)cc(F)c3c1C1CC1)C2. The van der Waals surface area contributed by atoms with Crippen molar-refractivity contribution in [2.24, 2.45) is 0 Å². The van der Waals surface area contributed by atoms with Crippen LogP contribution in [-0.4, -0.2) is 42.1 Å². The Bertz CT molecular complexity index is 1000. The van der Waals surface area contributed by atoms with Crippen molar-refractivity contribution >= 4 is 33.4 Å². The van der Waals surface area contributed by atoms with E-state index in [-0.39, 0.29) is 11.7 Å². The minimum atomic E-state index is -0.437. The van der Waals surface area contributed by atoms with Gasteiger partial charge in [0.2, 0.25) is 0 Å². The van der Waals surface area contributed by atoms with Crippen LogP contribution in [0.5, 0.6) is 0 Å². The van der Waals surface area contributed by atoms with Gasteiger partial charge in [-0.2, -0.15) is 0 Å². The molecule has 2 aromatic rings. The summed E-state index contributed by atoms with van der Waals surface area (Å²) in [5, 5.41) is 3.46. The zero-order valence-corrected chi connectivity index (χ0v) is 15.5. The van der Waals surface area contributed by atoms with E-state index in [2.05, 4.69) is 11.4 Å². The first-order chi connectivity index (χ1) is 13.0. The summed E-state index contributed by atoms with van der Waals surface area (Å²) in [5.74, 6) is 0.555. The van der Waals surface area contributed by atoms with Crippen LogP contribution in [0.3, 0.4) is 0 Å². The predicted octanol–water partition coefficient (Wildman–Crippen LogP) is 3.73. The maximum Gasteiger partial charge on any atom is 0.407 e. The Morgan fingerprint density at radius 3 is 2.59 bits per heavy atom. The van der Waals surface area contributed by atoms with Gasteiger partial charge in [-0.05, 0) is 60.8 Å². The second kappa shape index (κ2) is 5.22. The van der Waals surface area contributed by atoms with Gasteiger partial charge in [-0.25, -0.2) is 9.18 Å². The van der Waals surface area contributed by atoms with Crippen molar-refractivity contribution in [1.29, 1.82) is 0 Å². The predicted molar refractivity (Wildman–Crippen MR) is 98.9 cm³/mol. The molecule has 5 nitrogen and oxygen atoms in total. The van der Waals surface area contributed by atoms with E-state index in [4.69, 9.17) is 4.74 Å². The van der Waals surface area contributed by atoms with Crippen molar-refractivity contribution in [3.63, 3.8) is 0 Å². The Labute approximate surface area is 159 Å². The van der Waals surface area contributed by atoms with Gasteiger partial charge in [0.15, 0.2) is 0 Å². The summed E-state index contributed by atoms with van der Waals surface area (Å²) in [4.78, 5) is 26.9. The van der Waals surface area contributed by atoms with Crippen LogP contribution in [0.4, 0.5) is 9.18 Å². The number of nitrogens with one attached hydrogen (secondary N) is 1. The number of carbonyl (C=O) groups is 2. The molecule has 2 amide bonds. The molecule has 1 aromatic heterocycles. The highest BCUT2D eigenvalue weighted by atomic mass is 32.1. The van der Waals surface area contributed by atoms with E-state index < -0.39 is 11.6 Å². The molecular formula is C20H19FN2O3S. The summed E-state index contributed by atoms with van der Waals surface area (Å²) in [6.07, 6.45) is 3.87. The fourth-order valence-corrected chi connectivity index (χ4v) is 5.75. The minimum absolute atomic E-state index is 0.0442. The van der Waals surface area contributed by atoms with Crippen LogP contribution in [0.1, 0.15) is 58.3 Å². The number of likely N-dealkylation sites (tertiary alicyclic amines) is 1. The van der Waals surface area contributed by atoms with Crippen molar-refractivity contribution in [3.8, 4) is 0 Å². The average molecular weight is 386 g/mol. The molecule has 140 valence electrons. The average Bonchev–Trinajstić information content (AvgIpc) is 3.53. The highest BCUT2D eigenvalue weighted by Crippen LogP contribution is 2.51. The number of halogens is 1. The van der Waals surface area contributed by atoms with Crippen molar-refractivity contribution in [3.05, 3.63) is 34.0 Å². The Kier molecular flexibility index (Phi) is 3.07. The van der Waals surface area contributed by atoms with Gasteiger partial charge in [-0.1, -0.05) is 0 Å². The molecule has 2 saturated heterocycles. The number of nitrogens with zero attached hydrogens (tertiary/aromatic N) is 1. The number of alkyl carbamates (subject to hydrolysis) is 1. The lowest BCUT2D eigenvalue weighted by Gasteiger charge is -2.45. The molecular weight excluding hydrogens is 367 g/mol. The summed E-state index contributed by atoms with van der Waals surface area (Å²) in [7, 11) is 0. The first-order valence-electron chi connectivity index (χ1n) is 9.53. The number of amides is 2. The molecule has 3 heterocycles. The number of hydrogen-bond donors (Lipinski definition) is 1. The molecule has 0 radical (unpaired) electrons. The van der Waals surface area contributed by atoms with Gasteiger partial charge in [-0.3, -0.25) is 4.79 Å². The standard InChI is InChI=1S/C20H19FN2O3S/c21-13-5-12(10-1-2-10)6-14-16(13)15(11-3-4-11)17(27-14)18(24)23-7-20(8-23)9-26-19(25)22-20/h5-6,10-11H,1-4,7-9H2,(H,22,25). The van der Waals surface area contributed by atoms with E-state index in [0.29, 0.717) is 41.8 Å². The highest BCUT2D eigenvalue weighted by molar-refractivity contribution is 7.21. The van der Waals surface area contributed by atoms with Gasteiger partial charge in [0, 0.05) is 23.2 Å². The lowest BCUT2D eigenvalue weighted by Crippen LogP contribution is -2.69. The van der Waals surface area contributed by atoms with Crippen LogP contribution in [0.15, 0.2) is 12.1 Å². The highest BCUT2D eigenvalue weighted by Gasteiger charge is 2.52. The van der Waals surface area contributed by atoms with Crippen molar-refractivity contribution in [2.75, 3.05) is 19.7 Å². The number of cyclic esters (lactones) is 1. The molecule has 7 heteroatoms. The minimum Gasteiger partial charge on any atom is -0.447 e. The Hall–Kier alpha value is -2.15. The maximum absolute atomic E-state index is 15.0. The summed E-state index contributed by atoms with van der Waals surface area (Å²) >= 11 is 1.43. The first kappa shape index (κ1) is 15.9. The van der Waals surface area contributed by atoms with Crippen LogP contribution < -0.4 is 5.32 Å². The largest absolute Gasteiger partial charge is 0.447 e. The molecule has 6 rings (SSSR count). The van der Waals surface area contributed by atoms with Gasteiger partial charge < -0.3 is 15.0 Å². The van der Waals surface area contributed by atoms with Gasteiger partial charge >= 0.3 is 6.09 Å². The van der Waals surface area contributed by atoms with E-state index >= 15 is 0 Å². The van der Waals surface area contributed by atoms with E-state index in [0.717, 1.165) is 41.5 Å². The topological polar surface area (TPSA) is 58.6 Å².